The van der Waals surface area contributed by atoms with Crippen LogP contribution in [0.4, 0.5) is 0 Å². The summed E-state index contributed by atoms with van der Waals surface area (Å²) in [6.45, 7) is 2.15. The zero-order valence-corrected chi connectivity index (χ0v) is 7.45. The highest BCUT2D eigenvalue weighted by Crippen LogP contribution is 1.99. The summed E-state index contributed by atoms with van der Waals surface area (Å²) in [6, 6.07) is 0. The third-order valence-corrected chi connectivity index (χ3v) is 1.45. The summed E-state index contributed by atoms with van der Waals surface area (Å²) in [4.78, 5) is 9.90. The summed E-state index contributed by atoms with van der Waals surface area (Å²) in [5, 5.41) is 9.90. The molecule has 0 aromatic heterocycles. The highest BCUT2D eigenvalue weighted by molar-refractivity contribution is 5.77. The molecular formula is C10H15O2-. The van der Waals surface area contributed by atoms with E-state index in [9.17, 15) is 9.90 Å². The van der Waals surface area contributed by atoms with Gasteiger partial charge in [0.25, 0.3) is 0 Å². The number of carbonyl (C=O) groups excluding carboxylic acids is 1. The van der Waals surface area contributed by atoms with Crippen molar-refractivity contribution in [1.82, 2.24) is 0 Å². The maximum absolute atomic E-state index is 9.90. The van der Waals surface area contributed by atoms with Gasteiger partial charge in [-0.2, -0.15) is 0 Å². The van der Waals surface area contributed by atoms with Gasteiger partial charge in [-0.1, -0.05) is 38.0 Å². The van der Waals surface area contributed by atoms with Crippen LogP contribution in [0.15, 0.2) is 24.3 Å². The number of unbranched alkanes of at least 4 members (excludes halogenated alkanes) is 3. The molecule has 0 aliphatic heterocycles. The summed E-state index contributed by atoms with van der Waals surface area (Å²) in [5.74, 6) is -1.15. The van der Waals surface area contributed by atoms with Crippen LogP contribution in [-0.4, -0.2) is 5.97 Å². The fourth-order valence-electron chi connectivity index (χ4n) is 0.821. The summed E-state index contributed by atoms with van der Waals surface area (Å²) >= 11 is 0. The molecule has 0 radical (unpaired) electrons. The Hall–Kier alpha value is -1.05. The van der Waals surface area contributed by atoms with Crippen LogP contribution in [0.2, 0.25) is 0 Å². The van der Waals surface area contributed by atoms with Crippen molar-refractivity contribution in [3.05, 3.63) is 24.3 Å². The summed E-state index contributed by atoms with van der Waals surface area (Å²) in [7, 11) is 0. The molecule has 0 rings (SSSR count). The second-order valence-electron chi connectivity index (χ2n) is 2.60. The average molecular weight is 167 g/mol. The van der Waals surface area contributed by atoms with Crippen molar-refractivity contribution in [3.8, 4) is 0 Å². The molecule has 0 unspecified atom stereocenters. The number of hydrogen-bond acceptors (Lipinski definition) is 2. The molecule has 0 fully saturated rings. The van der Waals surface area contributed by atoms with Gasteiger partial charge < -0.3 is 9.90 Å². The van der Waals surface area contributed by atoms with Gasteiger partial charge in [0.1, 0.15) is 0 Å². The lowest BCUT2D eigenvalue weighted by atomic mass is 10.2. The number of carboxylic acid groups (broad SMARTS) is 1. The number of allylic oxidation sites excluding steroid dienone is 3. The maximum Gasteiger partial charge on any atom is 0.0642 e. The lowest BCUT2D eigenvalue weighted by Crippen LogP contribution is -2.18. The van der Waals surface area contributed by atoms with Crippen molar-refractivity contribution >= 4 is 5.97 Å². The van der Waals surface area contributed by atoms with E-state index in [1.807, 2.05) is 6.08 Å². The monoisotopic (exact) mass is 167 g/mol. The van der Waals surface area contributed by atoms with Gasteiger partial charge in [-0.25, -0.2) is 0 Å². The number of rotatable bonds is 6. The minimum absolute atomic E-state index is 1.02. The molecule has 0 amide bonds. The molecule has 0 atom stereocenters. The van der Waals surface area contributed by atoms with Crippen LogP contribution >= 0.6 is 0 Å². The van der Waals surface area contributed by atoms with Gasteiger partial charge in [-0.3, -0.25) is 0 Å². The largest absolute Gasteiger partial charge is 0.545 e. The molecule has 0 heterocycles. The molecule has 12 heavy (non-hydrogen) atoms. The van der Waals surface area contributed by atoms with Crippen LogP contribution in [0.25, 0.3) is 0 Å². The smallest absolute Gasteiger partial charge is 0.0642 e. The molecule has 2 nitrogen and oxygen atoms in total. The van der Waals surface area contributed by atoms with Crippen molar-refractivity contribution in [2.45, 2.75) is 32.6 Å². The highest BCUT2D eigenvalue weighted by Gasteiger charge is 1.79. The molecule has 0 aliphatic carbocycles. The summed E-state index contributed by atoms with van der Waals surface area (Å²) in [6.07, 6.45) is 10.9. The fourth-order valence-corrected chi connectivity index (χ4v) is 0.821. The second-order valence-corrected chi connectivity index (χ2v) is 2.60. The minimum Gasteiger partial charge on any atom is -0.545 e. The lowest BCUT2D eigenvalue weighted by Gasteiger charge is -1.90. The third-order valence-electron chi connectivity index (χ3n) is 1.45. The van der Waals surface area contributed by atoms with Crippen LogP contribution in [0.5, 0.6) is 0 Å². The standard InChI is InChI=1S/C10H16O2/c1-2-3-4-5-6-7-8-9-10(11)12/h6-9H,2-5H2,1H3,(H,11,12)/p-1/b7-6+,9-8+. The Morgan fingerprint density at radius 2 is 2.08 bits per heavy atom. The molecule has 2 heteroatoms. The number of hydrogen-bond donors (Lipinski definition) is 0. The topological polar surface area (TPSA) is 40.1 Å². The molecule has 0 aliphatic rings. The lowest BCUT2D eigenvalue weighted by molar-refractivity contribution is -0.297. The first-order valence-corrected chi connectivity index (χ1v) is 4.31. The van der Waals surface area contributed by atoms with E-state index < -0.39 is 5.97 Å². The zero-order chi connectivity index (χ0) is 9.23. The van der Waals surface area contributed by atoms with Crippen LogP contribution in [0, 0.1) is 0 Å². The summed E-state index contributed by atoms with van der Waals surface area (Å²) in [5.41, 5.74) is 0. The SMILES string of the molecule is CCCCC/C=C/C=C/C(=O)[O-]. The first kappa shape index (κ1) is 11.0. The predicted molar refractivity (Wildman–Crippen MR) is 47.4 cm³/mol. The number of carboxylic acids is 1. The summed E-state index contributed by atoms with van der Waals surface area (Å²) < 4.78 is 0. The molecule has 0 spiro atoms. The van der Waals surface area contributed by atoms with E-state index in [4.69, 9.17) is 0 Å². The Kier molecular flexibility index (Phi) is 7.35. The maximum atomic E-state index is 9.90. The third kappa shape index (κ3) is 8.95. The van der Waals surface area contributed by atoms with Crippen molar-refractivity contribution in [2.75, 3.05) is 0 Å². The van der Waals surface area contributed by atoms with E-state index >= 15 is 0 Å². The van der Waals surface area contributed by atoms with E-state index in [1.165, 1.54) is 25.3 Å². The highest BCUT2D eigenvalue weighted by atomic mass is 16.4. The Labute approximate surface area is 73.6 Å². The Balaban J connectivity index is 3.31. The van der Waals surface area contributed by atoms with Gasteiger partial charge in [-0.05, 0) is 18.9 Å². The molecule has 0 bridgehead atoms. The molecule has 0 saturated heterocycles. The van der Waals surface area contributed by atoms with E-state index in [2.05, 4.69) is 6.92 Å². The second kappa shape index (κ2) is 8.05. The van der Waals surface area contributed by atoms with Crippen molar-refractivity contribution in [3.63, 3.8) is 0 Å². The van der Waals surface area contributed by atoms with E-state index in [-0.39, 0.29) is 0 Å². The van der Waals surface area contributed by atoms with Crippen LogP contribution in [0.3, 0.4) is 0 Å². The van der Waals surface area contributed by atoms with Gasteiger partial charge in [0.15, 0.2) is 0 Å². The first-order valence-electron chi connectivity index (χ1n) is 4.31. The van der Waals surface area contributed by atoms with Gasteiger partial charge in [0.05, 0.1) is 5.97 Å². The van der Waals surface area contributed by atoms with Crippen LogP contribution in [-0.2, 0) is 4.79 Å². The van der Waals surface area contributed by atoms with Crippen LogP contribution in [0.1, 0.15) is 32.6 Å². The molecule has 68 valence electrons. The number of aliphatic carboxylic acids is 1. The quantitative estimate of drug-likeness (QED) is 0.341. The van der Waals surface area contributed by atoms with E-state index in [0.717, 1.165) is 12.5 Å². The van der Waals surface area contributed by atoms with Gasteiger partial charge in [-0.15, -0.1) is 0 Å². The molecule has 0 aromatic rings. The van der Waals surface area contributed by atoms with Crippen molar-refractivity contribution in [1.29, 1.82) is 0 Å². The normalized spacial score (nSPS) is 11.4. The molecule has 0 saturated carbocycles. The molecular weight excluding hydrogens is 152 g/mol. The zero-order valence-electron chi connectivity index (χ0n) is 7.45. The van der Waals surface area contributed by atoms with E-state index in [0.29, 0.717) is 0 Å². The van der Waals surface area contributed by atoms with Gasteiger partial charge in [0, 0.05) is 0 Å². The molecule has 0 aromatic carbocycles. The van der Waals surface area contributed by atoms with E-state index in [1.54, 1.807) is 6.08 Å². The van der Waals surface area contributed by atoms with Crippen molar-refractivity contribution in [2.24, 2.45) is 0 Å². The van der Waals surface area contributed by atoms with Gasteiger partial charge in [0.2, 0.25) is 0 Å². The molecule has 0 N–H and O–H groups in total. The Bertz CT molecular complexity index is 169. The Morgan fingerprint density at radius 1 is 1.33 bits per heavy atom. The fraction of sp³-hybridized carbons (Fsp3) is 0.500. The minimum atomic E-state index is -1.15. The average Bonchev–Trinajstić information content (AvgIpc) is 2.02. The number of carbonyl (C=O) groups is 1. The van der Waals surface area contributed by atoms with Gasteiger partial charge >= 0.3 is 0 Å². The first-order chi connectivity index (χ1) is 5.77. The van der Waals surface area contributed by atoms with Crippen molar-refractivity contribution < 1.29 is 9.90 Å². The predicted octanol–water partition coefficient (Wildman–Crippen LogP) is 1.43. The van der Waals surface area contributed by atoms with Crippen LogP contribution < -0.4 is 5.11 Å². The Morgan fingerprint density at radius 3 is 2.67 bits per heavy atom.